The number of aryl methyl sites for hydroxylation is 1. The summed E-state index contributed by atoms with van der Waals surface area (Å²) in [6.45, 7) is 6.31. The molecule has 0 fully saturated rings. The van der Waals surface area contributed by atoms with Crippen LogP contribution in [0.5, 0.6) is 0 Å². The highest BCUT2D eigenvalue weighted by Crippen LogP contribution is 2.26. The molecule has 2 aromatic rings. The van der Waals surface area contributed by atoms with Crippen LogP contribution in [0.2, 0.25) is 0 Å². The van der Waals surface area contributed by atoms with Crippen LogP contribution in [-0.4, -0.2) is 24.9 Å². The molecule has 146 valence electrons. The van der Waals surface area contributed by atoms with Crippen molar-refractivity contribution in [1.29, 1.82) is 0 Å². The Morgan fingerprint density at radius 2 is 1.65 bits per heavy atom. The van der Waals surface area contributed by atoms with Gasteiger partial charge in [0, 0.05) is 18.8 Å². The molecular weight excluding hydrogens is 348 g/mol. The van der Waals surface area contributed by atoms with Crippen molar-refractivity contribution >= 4 is 22.9 Å². The predicted octanol–water partition coefficient (Wildman–Crippen LogP) is 4.24. The fourth-order valence-corrected chi connectivity index (χ4v) is 4.29. The van der Waals surface area contributed by atoms with Gasteiger partial charge in [-0.25, -0.2) is 9.78 Å². The van der Waals surface area contributed by atoms with Gasteiger partial charge in [-0.1, -0.05) is 63.6 Å². The number of hydrogen-bond acceptors (Lipinski definition) is 4. The van der Waals surface area contributed by atoms with Gasteiger partial charge < -0.3 is 4.57 Å². The lowest BCUT2D eigenvalue weighted by atomic mass is 10.1. The van der Waals surface area contributed by atoms with E-state index in [2.05, 4.69) is 16.9 Å². The molecular formula is C19H32N4O2S. The van der Waals surface area contributed by atoms with Crippen molar-refractivity contribution in [3.63, 3.8) is 0 Å². The Morgan fingerprint density at radius 3 is 2.27 bits per heavy atom. The molecule has 0 amide bonds. The first kappa shape index (κ1) is 20.8. The Hall–Kier alpha value is -1.50. The van der Waals surface area contributed by atoms with E-state index in [1.807, 2.05) is 18.4 Å². The third-order valence-corrected chi connectivity index (χ3v) is 5.70. The molecule has 0 unspecified atom stereocenters. The summed E-state index contributed by atoms with van der Waals surface area (Å²) in [5.41, 5.74) is 0.171. The Bertz CT molecular complexity index is 819. The van der Waals surface area contributed by atoms with Crippen molar-refractivity contribution in [3.8, 4) is 0 Å². The number of nitrogens with zero attached hydrogens (tertiary/aromatic N) is 3. The molecule has 6 nitrogen and oxygen atoms in total. The number of H-pyrrole nitrogens is 1. The molecule has 0 aromatic carbocycles. The minimum atomic E-state index is -0.421. The lowest BCUT2D eigenvalue weighted by molar-refractivity contribution is 0.563. The standard InChI is InChI=1S/C19H32N4O2S/c1-5-6-7-8-9-10-11-12-13-26-19-20-16-15(23(19)14(2)3)17(24)21-18(25)22(16)4/h14H,5-13H2,1-4H3,(H,21,24,25). The maximum atomic E-state index is 12.3. The number of hydrogen-bond donors (Lipinski definition) is 1. The summed E-state index contributed by atoms with van der Waals surface area (Å²) < 4.78 is 3.36. The molecule has 2 rings (SSSR count). The Balaban J connectivity index is 1.98. The summed E-state index contributed by atoms with van der Waals surface area (Å²) >= 11 is 1.68. The van der Waals surface area contributed by atoms with E-state index in [4.69, 9.17) is 0 Å². The molecule has 7 heteroatoms. The van der Waals surface area contributed by atoms with Crippen LogP contribution in [0.3, 0.4) is 0 Å². The molecule has 0 aliphatic rings. The maximum absolute atomic E-state index is 12.3. The third kappa shape index (κ3) is 5.02. The van der Waals surface area contributed by atoms with Crippen molar-refractivity contribution in [2.45, 2.75) is 83.3 Å². The molecule has 0 saturated heterocycles. The highest BCUT2D eigenvalue weighted by Gasteiger charge is 2.19. The molecule has 2 heterocycles. The number of aromatic nitrogens is 4. The van der Waals surface area contributed by atoms with Crippen LogP contribution in [0.15, 0.2) is 14.7 Å². The Morgan fingerprint density at radius 1 is 1.04 bits per heavy atom. The second-order valence-electron chi connectivity index (χ2n) is 7.17. The molecule has 0 radical (unpaired) electrons. The van der Waals surface area contributed by atoms with Gasteiger partial charge in [0.15, 0.2) is 16.3 Å². The van der Waals surface area contributed by atoms with Gasteiger partial charge in [-0.3, -0.25) is 14.3 Å². The average Bonchev–Trinajstić information content (AvgIpc) is 2.99. The van der Waals surface area contributed by atoms with Crippen molar-refractivity contribution in [3.05, 3.63) is 20.8 Å². The van der Waals surface area contributed by atoms with Crippen LogP contribution in [0, 0.1) is 0 Å². The summed E-state index contributed by atoms with van der Waals surface area (Å²) in [6.07, 6.45) is 10.4. The van der Waals surface area contributed by atoms with Crippen LogP contribution in [0.1, 0.15) is 78.2 Å². The largest absolute Gasteiger partial charge is 0.329 e. The van der Waals surface area contributed by atoms with E-state index in [1.54, 1.807) is 18.8 Å². The Kier molecular flexibility index (Phi) is 8.00. The minimum Gasteiger partial charge on any atom is -0.311 e. The normalized spacial score (nSPS) is 11.7. The van der Waals surface area contributed by atoms with Crippen LogP contribution in [-0.2, 0) is 7.05 Å². The lowest BCUT2D eigenvalue weighted by Crippen LogP contribution is -2.29. The molecule has 0 atom stereocenters. The number of unbranched alkanes of at least 4 members (excludes halogenated alkanes) is 7. The first-order valence-corrected chi connectivity index (χ1v) is 10.8. The fraction of sp³-hybridized carbons (Fsp3) is 0.737. The van der Waals surface area contributed by atoms with Crippen LogP contribution in [0.25, 0.3) is 11.2 Å². The van der Waals surface area contributed by atoms with E-state index in [1.165, 1.54) is 49.5 Å². The maximum Gasteiger partial charge on any atom is 0.329 e. The molecule has 0 aliphatic carbocycles. The van der Waals surface area contributed by atoms with Crippen LogP contribution < -0.4 is 11.2 Å². The van der Waals surface area contributed by atoms with Gasteiger partial charge in [0.1, 0.15) is 0 Å². The summed E-state index contributed by atoms with van der Waals surface area (Å²) in [5.74, 6) is 0.983. The monoisotopic (exact) mass is 380 g/mol. The minimum absolute atomic E-state index is 0.111. The van der Waals surface area contributed by atoms with E-state index < -0.39 is 5.69 Å². The molecule has 2 aromatic heterocycles. The van der Waals surface area contributed by atoms with Crippen molar-refractivity contribution in [2.75, 3.05) is 5.75 Å². The van der Waals surface area contributed by atoms with Gasteiger partial charge in [-0.15, -0.1) is 0 Å². The van der Waals surface area contributed by atoms with Crippen LogP contribution in [0.4, 0.5) is 0 Å². The average molecular weight is 381 g/mol. The zero-order valence-electron chi connectivity index (χ0n) is 16.5. The summed E-state index contributed by atoms with van der Waals surface area (Å²) in [7, 11) is 1.64. The van der Waals surface area contributed by atoms with Gasteiger partial charge in [0.05, 0.1) is 0 Å². The lowest BCUT2D eigenvalue weighted by Gasteiger charge is -2.11. The zero-order chi connectivity index (χ0) is 19.1. The summed E-state index contributed by atoms with van der Waals surface area (Å²) in [4.78, 5) is 31.1. The van der Waals surface area contributed by atoms with Crippen molar-refractivity contribution in [2.24, 2.45) is 7.05 Å². The Labute approximate surface area is 159 Å². The number of imidazole rings is 1. The zero-order valence-corrected chi connectivity index (χ0v) is 17.3. The smallest absolute Gasteiger partial charge is 0.311 e. The quantitative estimate of drug-likeness (QED) is 0.467. The number of rotatable bonds is 11. The predicted molar refractivity (Wildman–Crippen MR) is 109 cm³/mol. The van der Waals surface area contributed by atoms with Gasteiger partial charge in [-0.2, -0.15) is 0 Å². The first-order chi connectivity index (χ1) is 12.5. The number of thioether (sulfide) groups is 1. The molecule has 0 saturated carbocycles. The van der Waals surface area contributed by atoms with Gasteiger partial charge in [0.25, 0.3) is 5.56 Å². The highest BCUT2D eigenvalue weighted by molar-refractivity contribution is 7.99. The molecule has 1 N–H and O–H groups in total. The van der Waals surface area contributed by atoms with E-state index in [-0.39, 0.29) is 11.6 Å². The van der Waals surface area contributed by atoms with Crippen molar-refractivity contribution < 1.29 is 0 Å². The third-order valence-electron chi connectivity index (χ3n) is 4.66. The molecule has 26 heavy (non-hydrogen) atoms. The molecule has 0 aliphatic heterocycles. The van der Waals surface area contributed by atoms with Crippen molar-refractivity contribution in [1.82, 2.24) is 19.1 Å². The number of fused-ring (bicyclic) bond motifs is 1. The van der Waals surface area contributed by atoms with Gasteiger partial charge in [0.2, 0.25) is 0 Å². The van der Waals surface area contributed by atoms with E-state index in [0.29, 0.717) is 11.2 Å². The van der Waals surface area contributed by atoms with E-state index in [0.717, 1.165) is 17.3 Å². The van der Waals surface area contributed by atoms with E-state index >= 15 is 0 Å². The van der Waals surface area contributed by atoms with Gasteiger partial charge >= 0.3 is 5.69 Å². The fourth-order valence-electron chi connectivity index (χ4n) is 3.16. The highest BCUT2D eigenvalue weighted by atomic mass is 32.2. The second-order valence-corrected chi connectivity index (χ2v) is 8.23. The summed E-state index contributed by atoms with van der Waals surface area (Å²) in [5, 5.41) is 0.824. The topological polar surface area (TPSA) is 72.7 Å². The van der Waals surface area contributed by atoms with E-state index in [9.17, 15) is 9.59 Å². The SMILES string of the molecule is CCCCCCCCCCSc1nc2c(c(=O)[nH]c(=O)n2C)n1C(C)C. The van der Waals surface area contributed by atoms with Crippen LogP contribution >= 0.6 is 11.8 Å². The second kappa shape index (κ2) is 10.00. The first-order valence-electron chi connectivity index (χ1n) is 9.81. The summed E-state index contributed by atoms with van der Waals surface area (Å²) in [6, 6.07) is 0.111. The van der Waals surface area contributed by atoms with Gasteiger partial charge in [-0.05, 0) is 20.3 Å². The molecule has 0 spiro atoms. The number of aromatic amines is 1. The molecule has 0 bridgehead atoms. The number of nitrogens with one attached hydrogen (secondary N) is 1.